The molecule has 0 aliphatic heterocycles. The van der Waals surface area contributed by atoms with E-state index in [1.165, 1.54) is 5.75 Å². The fraction of sp³-hybridized carbons (Fsp3) is 1.00. The van der Waals surface area contributed by atoms with Gasteiger partial charge in [-0.05, 0) is 24.9 Å². The summed E-state index contributed by atoms with van der Waals surface area (Å²) in [6, 6.07) is 0.433. The van der Waals surface area contributed by atoms with Gasteiger partial charge in [-0.3, -0.25) is 0 Å². The first-order chi connectivity index (χ1) is 3.81. The van der Waals surface area contributed by atoms with E-state index >= 15 is 0 Å². The molecule has 0 spiro atoms. The lowest BCUT2D eigenvalue weighted by atomic mass is 10.2. The smallest absolute Gasteiger partial charge is 0.00440 e. The van der Waals surface area contributed by atoms with Crippen LogP contribution in [0.5, 0.6) is 0 Å². The second-order valence-electron chi connectivity index (χ2n) is 1.95. The van der Waals surface area contributed by atoms with Crippen LogP contribution in [0.15, 0.2) is 0 Å². The molecule has 2 heteroatoms. The maximum absolute atomic E-state index is 5.65. The summed E-state index contributed by atoms with van der Waals surface area (Å²) in [6.45, 7) is 2.13. The Labute approximate surface area is 56.0 Å². The van der Waals surface area contributed by atoms with Crippen molar-refractivity contribution in [3.63, 3.8) is 0 Å². The van der Waals surface area contributed by atoms with Crippen molar-refractivity contribution in [2.45, 2.75) is 25.8 Å². The SMILES string of the molecule is CC[C@H](N)CCSC. The Bertz CT molecular complexity index is 47.8. The van der Waals surface area contributed by atoms with Crippen molar-refractivity contribution in [1.29, 1.82) is 0 Å². The topological polar surface area (TPSA) is 26.0 Å². The number of hydrogen-bond acceptors (Lipinski definition) is 2. The van der Waals surface area contributed by atoms with E-state index in [1.807, 2.05) is 11.8 Å². The van der Waals surface area contributed by atoms with Crippen LogP contribution < -0.4 is 5.73 Å². The third-order valence-electron chi connectivity index (χ3n) is 1.22. The minimum absolute atomic E-state index is 0.433. The second kappa shape index (κ2) is 5.45. The van der Waals surface area contributed by atoms with Crippen molar-refractivity contribution in [3.8, 4) is 0 Å². The van der Waals surface area contributed by atoms with Gasteiger partial charge in [-0.1, -0.05) is 6.92 Å². The van der Waals surface area contributed by atoms with E-state index in [0.717, 1.165) is 12.8 Å². The molecule has 8 heavy (non-hydrogen) atoms. The first-order valence-electron chi connectivity index (χ1n) is 3.05. The van der Waals surface area contributed by atoms with E-state index in [9.17, 15) is 0 Å². The van der Waals surface area contributed by atoms with Crippen LogP contribution in [0.2, 0.25) is 0 Å². The molecule has 0 bridgehead atoms. The molecule has 0 aromatic rings. The zero-order chi connectivity index (χ0) is 6.41. The maximum atomic E-state index is 5.65. The van der Waals surface area contributed by atoms with Crippen molar-refractivity contribution in [3.05, 3.63) is 0 Å². The summed E-state index contributed by atoms with van der Waals surface area (Å²) in [5, 5.41) is 0. The highest BCUT2D eigenvalue weighted by atomic mass is 32.2. The molecule has 0 aromatic heterocycles. The average molecular weight is 133 g/mol. The second-order valence-corrected chi connectivity index (χ2v) is 2.94. The Hall–Kier alpha value is 0.310. The van der Waals surface area contributed by atoms with Crippen LogP contribution in [0.25, 0.3) is 0 Å². The average Bonchev–Trinajstić information content (AvgIpc) is 1.83. The highest BCUT2D eigenvalue weighted by Crippen LogP contribution is 2.00. The first kappa shape index (κ1) is 8.31. The van der Waals surface area contributed by atoms with E-state index in [1.54, 1.807) is 0 Å². The molecule has 0 saturated carbocycles. The minimum Gasteiger partial charge on any atom is -0.328 e. The van der Waals surface area contributed by atoms with Crippen molar-refractivity contribution in [2.75, 3.05) is 12.0 Å². The van der Waals surface area contributed by atoms with Crippen LogP contribution in [0.4, 0.5) is 0 Å². The van der Waals surface area contributed by atoms with Crippen molar-refractivity contribution in [1.82, 2.24) is 0 Å². The summed E-state index contributed by atoms with van der Waals surface area (Å²) >= 11 is 1.87. The molecule has 0 aliphatic carbocycles. The lowest BCUT2D eigenvalue weighted by molar-refractivity contribution is 0.634. The normalized spacial score (nSPS) is 13.9. The third kappa shape index (κ3) is 4.47. The van der Waals surface area contributed by atoms with Crippen LogP contribution in [0.3, 0.4) is 0 Å². The predicted octanol–water partition coefficient (Wildman–Crippen LogP) is 1.48. The zero-order valence-corrected chi connectivity index (χ0v) is 6.50. The molecule has 2 N–H and O–H groups in total. The van der Waals surface area contributed by atoms with Crippen molar-refractivity contribution in [2.24, 2.45) is 5.73 Å². The van der Waals surface area contributed by atoms with Gasteiger partial charge in [-0.2, -0.15) is 11.8 Å². The standard InChI is InChI=1S/C6H15NS/c1-3-6(7)4-5-8-2/h6H,3-5,7H2,1-2H3/t6-/m0/s1. The van der Waals surface area contributed by atoms with E-state index in [4.69, 9.17) is 5.73 Å². The van der Waals surface area contributed by atoms with Gasteiger partial charge in [-0.25, -0.2) is 0 Å². The minimum atomic E-state index is 0.433. The van der Waals surface area contributed by atoms with Crippen LogP contribution in [-0.2, 0) is 0 Å². The Balaban J connectivity index is 2.86. The Kier molecular flexibility index (Phi) is 5.66. The van der Waals surface area contributed by atoms with Gasteiger partial charge in [0.2, 0.25) is 0 Å². The number of rotatable bonds is 4. The number of hydrogen-bond donors (Lipinski definition) is 1. The van der Waals surface area contributed by atoms with E-state index in [0.29, 0.717) is 6.04 Å². The fourth-order valence-electron chi connectivity index (χ4n) is 0.473. The Morgan fingerprint density at radius 3 is 2.62 bits per heavy atom. The predicted molar refractivity (Wildman–Crippen MR) is 41.3 cm³/mol. The van der Waals surface area contributed by atoms with Gasteiger partial charge in [0.25, 0.3) is 0 Å². The lowest BCUT2D eigenvalue weighted by Gasteiger charge is -2.04. The summed E-state index contributed by atoms with van der Waals surface area (Å²) in [6.07, 6.45) is 4.39. The lowest BCUT2D eigenvalue weighted by Crippen LogP contribution is -2.18. The highest BCUT2D eigenvalue weighted by molar-refractivity contribution is 7.98. The van der Waals surface area contributed by atoms with E-state index in [-0.39, 0.29) is 0 Å². The van der Waals surface area contributed by atoms with Gasteiger partial charge in [0, 0.05) is 6.04 Å². The molecular weight excluding hydrogens is 118 g/mol. The molecule has 1 nitrogen and oxygen atoms in total. The molecule has 0 aromatic carbocycles. The fourth-order valence-corrected chi connectivity index (χ4v) is 1.01. The summed E-state index contributed by atoms with van der Waals surface area (Å²) < 4.78 is 0. The monoisotopic (exact) mass is 133 g/mol. The maximum Gasteiger partial charge on any atom is 0.00440 e. The molecule has 0 rings (SSSR count). The molecule has 0 aliphatic rings. The van der Waals surface area contributed by atoms with Crippen LogP contribution in [0.1, 0.15) is 19.8 Å². The van der Waals surface area contributed by atoms with Crippen molar-refractivity contribution < 1.29 is 0 Å². The number of nitrogens with two attached hydrogens (primary N) is 1. The largest absolute Gasteiger partial charge is 0.328 e. The number of thioether (sulfide) groups is 1. The van der Waals surface area contributed by atoms with E-state index in [2.05, 4.69) is 13.2 Å². The summed E-state index contributed by atoms with van der Waals surface area (Å²) in [7, 11) is 0. The van der Waals surface area contributed by atoms with Crippen LogP contribution in [0, 0.1) is 0 Å². The molecule has 0 unspecified atom stereocenters. The molecule has 0 heterocycles. The molecule has 0 amide bonds. The molecule has 0 saturated heterocycles. The Morgan fingerprint density at radius 2 is 2.25 bits per heavy atom. The van der Waals surface area contributed by atoms with Gasteiger partial charge in [0.1, 0.15) is 0 Å². The quantitative estimate of drug-likeness (QED) is 0.628. The third-order valence-corrected chi connectivity index (χ3v) is 1.86. The van der Waals surface area contributed by atoms with Gasteiger partial charge in [-0.15, -0.1) is 0 Å². The molecule has 50 valence electrons. The summed E-state index contributed by atoms with van der Waals surface area (Å²) in [4.78, 5) is 0. The van der Waals surface area contributed by atoms with Gasteiger partial charge in [0.15, 0.2) is 0 Å². The molecule has 0 radical (unpaired) electrons. The molecule has 1 atom stereocenters. The summed E-state index contributed by atoms with van der Waals surface area (Å²) in [5.41, 5.74) is 5.65. The summed E-state index contributed by atoms with van der Waals surface area (Å²) in [5.74, 6) is 1.20. The molecular formula is C6H15NS. The van der Waals surface area contributed by atoms with Crippen LogP contribution in [-0.4, -0.2) is 18.1 Å². The van der Waals surface area contributed by atoms with E-state index < -0.39 is 0 Å². The Morgan fingerprint density at radius 1 is 1.62 bits per heavy atom. The first-order valence-corrected chi connectivity index (χ1v) is 4.45. The zero-order valence-electron chi connectivity index (χ0n) is 5.68. The highest BCUT2D eigenvalue weighted by Gasteiger charge is 1.95. The van der Waals surface area contributed by atoms with Gasteiger partial charge >= 0.3 is 0 Å². The van der Waals surface area contributed by atoms with Crippen molar-refractivity contribution >= 4 is 11.8 Å². The van der Waals surface area contributed by atoms with Gasteiger partial charge < -0.3 is 5.73 Å². The van der Waals surface area contributed by atoms with Crippen LogP contribution >= 0.6 is 11.8 Å². The molecule has 0 fully saturated rings. The van der Waals surface area contributed by atoms with Gasteiger partial charge in [0.05, 0.1) is 0 Å².